The van der Waals surface area contributed by atoms with Crippen molar-refractivity contribution in [3.63, 3.8) is 0 Å². The molecular formula is C26H26N4O2S. The van der Waals surface area contributed by atoms with Gasteiger partial charge in [0.2, 0.25) is 0 Å². The third-order valence-electron chi connectivity index (χ3n) is 5.23. The van der Waals surface area contributed by atoms with Crippen LogP contribution >= 0.6 is 11.3 Å². The third kappa shape index (κ3) is 5.43. The summed E-state index contributed by atoms with van der Waals surface area (Å²) in [5, 5.41) is 26.2. The van der Waals surface area contributed by atoms with Crippen LogP contribution in [0.25, 0.3) is 10.8 Å². The number of benzene rings is 3. The second kappa shape index (κ2) is 10.5. The molecule has 0 fully saturated rings. The van der Waals surface area contributed by atoms with Crippen molar-refractivity contribution in [2.75, 3.05) is 16.8 Å². The molecule has 3 aromatic carbocycles. The zero-order chi connectivity index (χ0) is 24.0. The number of aryl methyl sites for hydroxylation is 1. The molecule has 0 spiro atoms. The third-order valence-corrected chi connectivity index (χ3v) is 6.04. The topological polar surface area (TPSA) is 125 Å². The smallest absolute Gasteiger partial charge is 0.164 e. The molecule has 7 heteroatoms. The molecule has 0 saturated carbocycles. The first-order valence-electron chi connectivity index (χ1n) is 10.5. The van der Waals surface area contributed by atoms with E-state index in [2.05, 4.69) is 24.4 Å². The van der Waals surface area contributed by atoms with Crippen LogP contribution in [-0.2, 0) is 6.54 Å². The van der Waals surface area contributed by atoms with Crippen LogP contribution in [0, 0.1) is 18.3 Å². The maximum Gasteiger partial charge on any atom is 0.164 e. The van der Waals surface area contributed by atoms with Crippen molar-refractivity contribution in [3.05, 3.63) is 82.2 Å². The summed E-state index contributed by atoms with van der Waals surface area (Å²) in [5.41, 5.74) is 15.8. The van der Waals surface area contributed by atoms with Gasteiger partial charge in [-0.25, -0.2) is 0 Å². The molecule has 0 aliphatic rings. The Kier molecular flexibility index (Phi) is 7.54. The first-order valence-corrected chi connectivity index (χ1v) is 11.3. The SMILES string of the molecule is CCC(=O)c1csc(N)c1C#N.Cc1ccc(NCc2cc3ccccc3c(N)c2O)cc1. The number of phenolic OH excluding ortho intramolecular Hbond substituents is 1. The summed E-state index contributed by atoms with van der Waals surface area (Å²) >= 11 is 1.23. The minimum atomic E-state index is -0.0282. The minimum Gasteiger partial charge on any atom is -0.505 e. The Labute approximate surface area is 197 Å². The fourth-order valence-corrected chi connectivity index (χ4v) is 4.08. The Balaban J connectivity index is 0.000000218. The van der Waals surface area contributed by atoms with E-state index in [0.717, 1.165) is 22.0 Å². The number of nitrogen functional groups attached to an aromatic ring is 2. The number of thiophene rings is 1. The molecule has 0 saturated heterocycles. The fourth-order valence-electron chi connectivity index (χ4n) is 3.31. The van der Waals surface area contributed by atoms with E-state index in [-0.39, 0.29) is 11.5 Å². The Bertz CT molecular complexity index is 1320. The number of carbonyl (C=O) groups excluding carboxylic acids is 1. The summed E-state index contributed by atoms with van der Waals surface area (Å²) in [6, 6.07) is 19.9. The lowest BCUT2D eigenvalue weighted by atomic mass is 10.0. The van der Waals surface area contributed by atoms with Gasteiger partial charge in [0.25, 0.3) is 0 Å². The molecule has 1 heterocycles. The first-order chi connectivity index (χ1) is 15.8. The maximum atomic E-state index is 11.2. The van der Waals surface area contributed by atoms with E-state index in [0.29, 0.717) is 34.8 Å². The Morgan fingerprint density at radius 1 is 1.15 bits per heavy atom. The standard InChI is InChI=1S/C18H18N2O.C8H8N2OS/c1-12-6-8-15(9-7-12)20-11-14-10-13-4-2-3-5-16(13)17(19)18(14)21;1-2-7(11)6-4-12-8(10)5(6)3-9/h2-10,20-21H,11,19H2,1H3;4H,2,10H2,1H3. The number of nitriles is 1. The van der Waals surface area contributed by atoms with Crippen molar-refractivity contribution >= 4 is 44.3 Å². The number of nitrogens with one attached hydrogen (secondary N) is 1. The summed E-state index contributed by atoms with van der Waals surface area (Å²) < 4.78 is 0. The highest BCUT2D eigenvalue weighted by atomic mass is 32.1. The van der Waals surface area contributed by atoms with E-state index in [1.54, 1.807) is 12.3 Å². The van der Waals surface area contributed by atoms with E-state index in [9.17, 15) is 9.90 Å². The monoisotopic (exact) mass is 458 g/mol. The number of anilines is 3. The number of hydrogen-bond acceptors (Lipinski definition) is 7. The zero-order valence-corrected chi connectivity index (χ0v) is 19.4. The number of ketones is 1. The van der Waals surface area contributed by atoms with Crippen molar-refractivity contribution < 1.29 is 9.90 Å². The van der Waals surface area contributed by atoms with Crippen molar-refractivity contribution in [1.82, 2.24) is 0 Å². The lowest BCUT2D eigenvalue weighted by Crippen LogP contribution is -2.01. The molecule has 6 nitrogen and oxygen atoms in total. The van der Waals surface area contributed by atoms with Gasteiger partial charge in [-0.3, -0.25) is 4.79 Å². The molecule has 1 aromatic heterocycles. The summed E-state index contributed by atoms with van der Waals surface area (Å²) in [7, 11) is 0. The largest absolute Gasteiger partial charge is 0.505 e. The number of nitrogens with two attached hydrogens (primary N) is 2. The normalized spacial score (nSPS) is 10.2. The first kappa shape index (κ1) is 23.6. The van der Waals surface area contributed by atoms with Gasteiger partial charge in [-0.15, -0.1) is 11.3 Å². The lowest BCUT2D eigenvalue weighted by Gasteiger charge is -2.12. The molecule has 0 unspecified atom stereocenters. The summed E-state index contributed by atoms with van der Waals surface area (Å²) in [5.74, 6) is 0.132. The highest BCUT2D eigenvalue weighted by Crippen LogP contribution is 2.34. The molecule has 0 bridgehead atoms. The van der Waals surface area contributed by atoms with Crippen LogP contribution in [0.2, 0.25) is 0 Å². The van der Waals surface area contributed by atoms with Crippen LogP contribution in [0.3, 0.4) is 0 Å². The van der Waals surface area contributed by atoms with E-state index >= 15 is 0 Å². The summed E-state index contributed by atoms with van der Waals surface area (Å²) in [6.07, 6.45) is 0.408. The van der Waals surface area contributed by atoms with Crippen LogP contribution in [0.4, 0.5) is 16.4 Å². The van der Waals surface area contributed by atoms with Gasteiger partial charge in [-0.05, 0) is 30.5 Å². The van der Waals surface area contributed by atoms with Crippen LogP contribution < -0.4 is 16.8 Å². The molecule has 4 rings (SSSR count). The van der Waals surface area contributed by atoms with Crippen molar-refractivity contribution in [3.8, 4) is 11.8 Å². The van der Waals surface area contributed by atoms with Gasteiger partial charge in [-0.1, -0.05) is 48.9 Å². The molecule has 0 radical (unpaired) electrons. The summed E-state index contributed by atoms with van der Waals surface area (Å²) in [4.78, 5) is 11.2. The van der Waals surface area contributed by atoms with Gasteiger partial charge in [0.15, 0.2) is 5.78 Å². The lowest BCUT2D eigenvalue weighted by molar-refractivity contribution is 0.0988. The Hall–Kier alpha value is -4.02. The number of fused-ring (bicyclic) bond motifs is 1. The van der Waals surface area contributed by atoms with Gasteiger partial charge < -0.3 is 21.9 Å². The highest BCUT2D eigenvalue weighted by molar-refractivity contribution is 7.14. The number of nitrogens with zero attached hydrogens (tertiary/aromatic N) is 1. The van der Waals surface area contributed by atoms with E-state index in [4.69, 9.17) is 16.7 Å². The van der Waals surface area contributed by atoms with Gasteiger partial charge in [0.05, 0.1) is 11.3 Å². The number of phenols is 1. The summed E-state index contributed by atoms with van der Waals surface area (Å²) in [6.45, 7) is 4.35. The van der Waals surface area contributed by atoms with E-state index < -0.39 is 0 Å². The molecule has 6 N–H and O–H groups in total. The predicted octanol–water partition coefficient (Wildman–Crippen LogP) is 5.84. The maximum absolute atomic E-state index is 11.2. The van der Waals surface area contributed by atoms with Crippen molar-refractivity contribution in [2.24, 2.45) is 0 Å². The number of rotatable bonds is 5. The van der Waals surface area contributed by atoms with Crippen LogP contribution in [0.1, 0.15) is 40.4 Å². The molecule has 33 heavy (non-hydrogen) atoms. The zero-order valence-electron chi connectivity index (χ0n) is 18.6. The Morgan fingerprint density at radius 2 is 1.85 bits per heavy atom. The minimum absolute atomic E-state index is 0.0282. The predicted molar refractivity (Wildman–Crippen MR) is 137 cm³/mol. The average molecular weight is 459 g/mol. The van der Waals surface area contributed by atoms with Gasteiger partial charge in [-0.2, -0.15) is 5.26 Å². The number of Topliss-reactive ketones (excluding diaryl/α,β-unsaturated/α-hetero) is 1. The fraction of sp³-hybridized carbons (Fsp3) is 0.154. The van der Waals surface area contributed by atoms with Gasteiger partial charge in [0, 0.05) is 40.5 Å². The second-order valence-corrected chi connectivity index (χ2v) is 8.43. The second-order valence-electron chi connectivity index (χ2n) is 7.52. The van der Waals surface area contributed by atoms with Gasteiger partial charge in [0.1, 0.15) is 16.8 Å². The van der Waals surface area contributed by atoms with Crippen LogP contribution in [-0.4, -0.2) is 10.9 Å². The molecule has 0 amide bonds. The van der Waals surface area contributed by atoms with Crippen molar-refractivity contribution in [2.45, 2.75) is 26.8 Å². The molecule has 4 aromatic rings. The van der Waals surface area contributed by atoms with Gasteiger partial charge >= 0.3 is 0 Å². The van der Waals surface area contributed by atoms with Crippen molar-refractivity contribution in [1.29, 1.82) is 5.26 Å². The van der Waals surface area contributed by atoms with E-state index in [1.807, 2.05) is 48.5 Å². The highest BCUT2D eigenvalue weighted by Gasteiger charge is 2.14. The number of aromatic hydroxyl groups is 1. The quantitative estimate of drug-likeness (QED) is 0.169. The molecule has 0 atom stereocenters. The van der Waals surface area contributed by atoms with Crippen LogP contribution in [0.15, 0.2) is 60.0 Å². The average Bonchev–Trinajstić information content (AvgIpc) is 3.21. The van der Waals surface area contributed by atoms with Crippen LogP contribution in [0.5, 0.6) is 5.75 Å². The molecule has 168 valence electrons. The molecule has 0 aliphatic heterocycles. The number of hydrogen-bond donors (Lipinski definition) is 4. The number of carbonyl (C=O) groups is 1. The molecule has 0 aliphatic carbocycles. The van der Waals surface area contributed by atoms with E-state index in [1.165, 1.54) is 16.9 Å². The molecular weight excluding hydrogens is 432 g/mol. The Morgan fingerprint density at radius 3 is 2.52 bits per heavy atom.